The van der Waals surface area contributed by atoms with E-state index in [9.17, 15) is 9.59 Å². The summed E-state index contributed by atoms with van der Waals surface area (Å²) in [7, 11) is 3.39. The number of esters is 1. The number of likely N-dealkylation sites (tertiary alicyclic amines) is 1. The van der Waals surface area contributed by atoms with Gasteiger partial charge in [-0.25, -0.2) is 4.98 Å². The number of pyridine rings is 1. The number of methoxy groups -OCH3 is 1. The third-order valence-electron chi connectivity index (χ3n) is 4.76. The molecule has 7 nitrogen and oxygen atoms in total. The molecule has 0 aromatic carbocycles. The van der Waals surface area contributed by atoms with Crippen LogP contribution in [0.2, 0.25) is 0 Å². The lowest BCUT2D eigenvalue weighted by Crippen LogP contribution is -2.41. The topological polar surface area (TPSA) is 87.3 Å². The minimum absolute atomic E-state index is 0.174. The third-order valence-corrected chi connectivity index (χ3v) is 4.76. The summed E-state index contributed by atoms with van der Waals surface area (Å²) in [5.41, 5.74) is 1.11. The number of likely N-dealkylation sites (N-methyl/N-ethyl adjacent to an activating group) is 1. The molecular weight excluding hydrogens is 308 g/mol. The average Bonchev–Trinajstić information content (AvgIpc) is 3.19. The molecule has 2 atom stereocenters. The number of rotatable bonds is 5. The van der Waals surface area contributed by atoms with Gasteiger partial charge < -0.3 is 15.0 Å². The maximum Gasteiger partial charge on any atom is 0.307 e. The van der Waals surface area contributed by atoms with Gasteiger partial charge in [-0.1, -0.05) is 0 Å². The van der Waals surface area contributed by atoms with Gasteiger partial charge in [-0.05, 0) is 38.1 Å². The second-order valence-corrected chi connectivity index (χ2v) is 6.15. The molecule has 2 aromatic rings. The van der Waals surface area contributed by atoms with Gasteiger partial charge in [0.15, 0.2) is 0 Å². The van der Waals surface area contributed by atoms with E-state index in [1.54, 1.807) is 12.3 Å². The summed E-state index contributed by atoms with van der Waals surface area (Å²) < 4.78 is 4.73. The molecule has 0 aliphatic carbocycles. The number of aromatic nitrogens is 2. The molecule has 0 unspecified atom stereocenters. The van der Waals surface area contributed by atoms with Crippen LogP contribution in [0.4, 0.5) is 0 Å². The Bertz CT molecular complexity index is 742. The molecule has 0 saturated carbocycles. The molecule has 128 valence electrons. The van der Waals surface area contributed by atoms with E-state index in [4.69, 9.17) is 4.74 Å². The van der Waals surface area contributed by atoms with Crippen molar-refractivity contribution in [2.75, 3.05) is 20.7 Å². The number of carbonyl (C=O) groups excluding carboxylic acids is 2. The number of carbonyl (C=O) groups is 2. The molecule has 0 spiro atoms. The summed E-state index contributed by atoms with van der Waals surface area (Å²) in [4.78, 5) is 33.2. The van der Waals surface area contributed by atoms with Crippen LogP contribution in [-0.4, -0.2) is 59.5 Å². The Balaban J connectivity index is 1.55. The SMILES string of the molecule is COC(=O)C[C@H]1CC[C@@H](CNC(=O)c2ccc3cc[nH]c3n2)N1C. The van der Waals surface area contributed by atoms with E-state index in [0.717, 1.165) is 18.2 Å². The van der Waals surface area contributed by atoms with Gasteiger partial charge in [-0.2, -0.15) is 0 Å². The summed E-state index contributed by atoms with van der Waals surface area (Å²) in [6.45, 7) is 0.539. The zero-order valence-corrected chi connectivity index (χ0v) is 13.9. The van der Waals surface area contributed by atoms with Crippen LogP contribution in [0.3, 0.4) is 0 Å². The monoisotopic (exact) mass is 330 g/mol. The number of nitrogens with zero attached hydrogens (tertiary/aromatic N) is 2. The highest BCUT2D eigenvalue weighted by molar-refractivity contribution is 5.94. The Hall–Kier alpha value is -2.41. The summed E-state index contributed by atoms with van der Waals surface area (Å²) in [5, 5.41) is 3.92. The molecule has 1 fully saturated rings. The average molecular weight is 330 g/mol. The van der Waals surface area contributed by atoms with Crippen molar-refractivity contribution in [2.45, 2.75) is 31.3 Å². The van der Waals surface area contributed by atoms with Crippen molar-refractivity contribution in [1.29, 1.82) is 0 Å². The molecule has 2 aromatic heterocycles. The largest absolute Gasteiger partial charge is 0.469 e. The van der Waals surface area contributed by atoms with Crippen LogP contribution in [0.15, 0.2) is 24.4 Å². The summed E-state index contributed by atoms with van der Waals surface area (Å²) in [6.07, 6.45) is 4.07. The van der Waals surface area contributed by atoms with Gasteiger partial charge in [0, 0.05) is 30.2 Å². The first-order valence-electron chi connectivity index (χ1n) is 8.09. The van der Waals surface area contributed by atoms with Gasteiger partial charge in [-0.3, -0.25) is 14.5 Å². The number of hydrogen-bond donors (Lipinski definition) is 2. The highest BCUT2D eigenvalue weighted by Gasteiger charge is 2.32. The summed E-state index contributed by atoms with van der Waals surface area (Å²) >= 11 is 0. The zero-order valence-electron chi connectivity index (χ0n) is 13.9. The third kappa shape index (κ3) is 3.41. The molecule has 7 heteroatoms. The fourth-order valence-electron chi connectivity index (χ4n) is 3.22. The summed E-state index contributed by atoms with van der Waals surface area (Å²) in [5.74, 6) is -0.378. The Morgan fingerprint density at radius 3 is 2.92 bits per heavy atom. The Morgan fingerprint density at radius 2 is 2.12 bits per heavy atom. The number of amides is 1. The van der Waals surface area contributed by atoms with Gasteiger partial charge in [0.1, 0.15) is 11.3 Å². The molecule has 1 aliphatic heterocycles. The number of nitrogens with one attached hydrogen (secondary N) is 2. The zero-order chi connectivity index (χ0) is 17.1. The number of hydrogen-bond acceptors (Lipinski definition) is 5. The van der Waals surface area contributed by atoms with Crippen LogP contribution < -0.4 is 5.32 Å². The molecule has 0 bridgehead atoms. The van der Waals surface area contributed by atoms with Crippen LogP contribution in [0.25, 0.3) is 11.0 Å². The van der Waals surface area contributed by atoms with Crippen molar-refractivity contribution in [1.82, 2.24) is 20.2 Å². The molecular formula is C17H22N4O3. The second-order valence-electron chi connectivity index (χ2n) is 6.15. The van der Waals surface area contributed by atoms with Gasteiger partial charge in [0.2, 0.25) is 0 Å². The lowest BCUT2D eigenvalue weighted by atomic mass is 10.1. The number of ether oxygens (including phenoxy) is 1. The van der Waals surface area contributed by atoms with E-state index in [1.165, 1.54) is 7.11 Å². The van der Waals surface area contributed by atoms with Gasteiger partial charge in [0.25, 0.3) is 5.91 Å². The lowest BCUT2D eigenvalue weighted by molar-refractivity contribution is -0.141. The smallest absolute Gasteiger partial charge is 0.307 e. The van der Waals surface area contributed by atoms with Crippen LogP contribution in [0.5, 0.6) is 0 Å². The van der Waals surface area contributed by atoms with E-state index < -0.39 is 0 Å². The minimum atomic E-state index is -0.194. The first-order valence-corrected chi connectivity index (χ1v) is 8.09. The molecule has 1 amide bonds. The van der Waals surface area contributed by atoms with E-state index >= 15 is 0 Å². The standard InChI is InChI=1S/C17H22N4O3/c1-21-12(9-15(22)24-2)4-5-13(21)10-19-17(23)14-6-3-11-7-8-18-16(11)20-14/h3,6-8,12-13H,4-5,9-10H2,1-2H3,(H,18,20)(H,19,23)/t12-,13+/m1/s1. The maximum absolute atomic E-state index is 12.3. The Kier molecular flexibility index (Phi) is 4.80. The van der Waals surface area contributed by atoms with Crippen molar-refractivity contribution in [3.8, 4) is 0 Å². The predicted octanol–water partition coefficient (Wildman–Crippen LogP) is 1.32. The Morgan fingerprint density at radius 1 is 1.33 bits per heavy atom. The molecule has 1 saturated heterocycles. The van der Waals surface area contributed by atoms with Crippen LogP contribution in [-0.2, 0) is 9.53 Å². The highest BCUT2D eigenvalue weighted by Crippen LogP contribution is 2.24. The van der Waals surface area contributed by atoms with Crippen LogP contribution >= 0.6 is 0 Å². The van der Waals surface area contributed by atoms with Crippen molar-refractivity contribution in [3.63, 3.8) is 0 Å². The molecule has 24 heavy (non-hydrogen) atoms. The van der Waals surface area contributed by atoms with Gasteiger partial charge in [-0.15, -0.1) is 0 Å². The quantitative estimate of drug-likeness (QED) is 0.807. The number of fused-ring (bicyclic) bond motifs is 1. The predicted molar refractivity (Wildman–Crippen MR) is 89.6 cm³/mol. The highest BCUT2D eigenvalue weighted by atomic mass is 16.5. The number of aromatic amines is 1. The normalized spacial score (nSPS) is 21.1. The first-order chi connectivity index (χ1) is 11.6. The maximum atomic E-state index is 12.3. The van der Waals surface area contributed by atoms with Crippen molar-refractivity contribution < 1.29 is 14.3 Å². The van der Waals surface area contributed by atoms with Crippen LogP contribution in [0, 0.1) is 0 Å². The van der Waals surface area contributed by atoms with Crippen molar-refractivity contribution in [2.24, 2.45) is 0 Å². The fraction of sp³-hybridized carbons (Fsp3) is 0.471. The molecule has 0 radical (unpaired) electrons. The van der Waals surface area contributed by atoms with E-state index in [2.05, 4.69) is 20.2 Å². The molecule has 1 aliphatic rings. The first kappa shape index (κ1) is 16.4. The molecule has 2 N–H and O–H groups in total. The van der Waals surface area contributed by atoms with E-state index in [-0.39, 0.29) is 24.0 Å². The molecule has 3 rings (SSSR count). The fourth-order valence-corrected chi connectivity index (χ4v) is 3.22. The van der Waals surface area contributed by atoms with Crippen molar-refractivity contribution in [3.05, 3.63) is 30.1 Å². The van der Waals surface area contributed by atoms with E-state index in [0.29, 0.717) is 24.3 Å². The minimum Gasteiger partial charge on any atom is -0.469 e. The van der Waals surface area contributed by atoms with E-state index in [1.807, 2.05) is 19.2 Å². The second kappa shape index (κ2) is 7.00. The lowest BCUT2D eigenvalue weighted by Gasteiger charge is -2.25. The number of H-pyrrole nitrogens is 1. The van der Waals surface area contributed by atoms with Crippen molar-refractivity contribution >= 4 is 22.9 Å². The van der Waals surface area contributed by atoms with Gasteiger partial charge in [0.05, 0.1) is 13.5 Å². The Labute approximate surface area is 140 Å². The molecule has 3 heterocycles. The van der Waals surface area contributed by atoms with Gasteiger partial charge >= 0.3 is 5.97 Å². The summed E-state index contributed by atoms with van der Waals surface area (Å²) in [6, 6.07) is 5.91. The van der Waals surface area contributed by atoms with Crippen LogP contribution in [0.1, 0.15) is 29.8 Å².